The molecule has 0 saturated carbocycles. The van der Waals surface area contributed by atoms with Crippen LogP contribution >= 0.6 is 0 Å². The third-order valence-electron chi connectivity index (χ3n) is 3.50. The Labute approximate surface area is 137 Å². The van der Waals surface area contributed by atoms with Crippen LogP contribution < -0.4 is 4.74 Å². The van der Waals surface area contributed by atoms with Crippen LogP contribution in [-0.2, 0) is 7.05 Å². The first-order valence-corrected chi connectivity index (χ1v) is 7.22. The van der Waals surface area contributed by atoms with E-state index in [9.17, 15) is 13.6 Å². The molecule has 0 saturated heterocycles. The molecular formula is C18H14F2N2O2. The summed E-state index contributed by atoms with van der Waals surface area (Å²) in [6.07, 6.45) is 6.23. The number of allylic oxidation sites excluding steroid dienone is 1. The van der Waals surface area contributed by atoms with Crippen LogP contribution in [0.15, 0.2) is 54.9 Å². The van der Waals surface area contributed by atoms with Gasteiger partial charge in [0, 0.05) is 24.2 Å². The maximum atomic E-state index is 12.8. The van der Waals surface area contributed by atoms with E-state index in [2.05, 4.69) is 9.84 Å². The molecule has 0 aliphatic rings. The number of rotatable bonds is 5. The van der Waals surface area contributed by atoms with Crippen molar-refractivity contribution < 1.29 is 18.3 Å². The largest absolute Gasteiger partial charge is 0.433 e. The summed E-state index contributed by atoms with van der Waals surface area (Å²) < 4.78 is 31.8. The second-order valence-electron chi connectivity index (χ2n) is 5.19. The first kappa shape index (κ1) is 15.9. The molecule has 3 aromatic rings. The summed E-state index contributed by atoms with van der Waals surface area (Å²) in [4.78, 5) is 12.4. The number of fused-ring (bicyclic) bond motifs is 1. The molecule has 0 atom stereocenters. The molecule has 122 valence electrons. The van der Waals surface area contributed by atoms with E-state index in [0.717, 1.165) is 10.9 Å². The maximum Gasteiger partial charge on any atom is 0.387 e. The Morgan fingerprint density at radius 3 is 2.75 bits per heavy atom. The minimum atomic E-state index is -3.01. The Balaban J connectivity index is 2.01. The molecule has 1 heterocycles. The number of aryl methyl sites for hydroxylation is 1. The van der Waals surface area contributed by atoms with E-state index in [4.69, 9.17) is 0 Å². The van der Waals surface area contributed by atoms with Gasteiger partial charge in [-0.15, -0.1) is 0 Å². The number of halogens is 2. The van der Waals surface area contributed by atoms with E-state index >= 15 is 0 Å². The number of hydrogen-bond acceptors (Lipinski definition) is 3. The van der Waals surface area contributed by atoms with Crippen molar-refractivity contribution in [3.8, 4) is 5.75 Å². The molecule has 0 unspecified atom stereocenters. The predicted molar refractivity (Wildman–Crippen MR) is 87.2 cm³/mol. The summed E-state index contributed by atoms with van der Waals surface area (Å²) >= 11 is 0. The highest BCUT2D eigenvalue weighted by Gasteiger charge is 2.17. The summed E-state index contributed by atoms with van der Waals surface area (Å²) in [6.45, 7) is -3.01. The topological polar surface area (TPSA) is 44.1 Å². The normalized spacial score (nSPS) is 11.5. The number of nitrogens with zero attached hydrogens (tertiary/aromatic N) is 2. The van der Waals surface area contributed by atoms with Crippen molar-refractivity contribution in [2.45, 2.75) is 6.61 Å². The molecule has 0 fully saturated rings. The monoisotopic (exact) mass is 328 g/mol. The van der Waals surface area contributed by atoms with Gasteiger partial charge in [0.05, 0.1) is 11.8 Å². The SMILES string of the molecule is Cn1cc(C=CC(=O)c2ccc3ccccc3c2OC(F)F)cn1. The van der Waals surface area contributed by atoms with Crippen LogP contribution in [0.3, 0.4) is 0 Å². The fourth-order valence-electron chi connectivity index (χ4n) is 2.44. The first-order valence-electron chi connectivity index (χ1n) is 7.22. The Bertz CT molecular complexity index is 916. The molecule has 0 radical (unpaired) electrons. The number of aromatic nitrogens is 2. The van der Waals surface area contributed by atoms with E-state index in [1.165, 1.54) is 12.1 Å². The zero-order chi connectivity index (χ0) is 17.1. The van der Waals surface area contributed by atoms with Gasteiger partial charge in [0.25, 0.3) is 0 Å². The van der Waals surface area contributed by atoms with Crippen molar-refractivity contribution in [3.05, 3.63) is 66.0 Å². The summed E-state index contributed by atoms with van der Waals surface area (Å²) in [5, 5.41) is 5.19. The van der Waals surface area contributed by atoms with Gasteiger partial charge in [-0.3, -0.25) is 9.48 Å². The molecule has 0 aliphatic heterocycles. The molecule has 0 N–H and O–H groups in total. The van der Waals surface area contributed by atoms with Crippen molar-refractivity contribution in [3.63, 3.8) is 0 Å². The van der Waals surface area contributed by atoms with Crippen LogP contribution in [0.2, 0.25) is 0 Å². The molecule has 0 bridgehead atoms. The molecule has 0 spiro atoms. The smallest absolute Gasteiger partial charge is 0.387 e. The highest BCUT2D eigenvalue weighted by molar-refractivity contribution is 6.12. The molecule has 0 aliphatic carbocycles. The number of alkyl halides is 2. The minimum absolute atomic E-state index is 0.0918. The van der Waals surface area contributed by atoms with Gasteiger partial charge in [-0.25, -0.2) is 0 Å². The third kappa shape index (κ3) is 3.32. The van der Waals surface area contributed by atoms with E-state index in [-0.39, 0.29) is 11.3 Å². The van der Waals surface area contributed by atoms with Gasteiger partial charge in [0.15, 0.2) is 5.78 Å². The van der Waals surface area contributed by atoms with Crippen molar-refractivity contribution >= 4 is 22.6 Å². The second-order valence-corrected chi connectivity index (χ2v) is 5.19. The fourth-order valence-corrected chi connectivity index (χ4v) is 2.44. The van der Waals surface area contributed by atoms with Crippen LogP contribution in [0.1, 0.15) is 15.9 Å². The van der Waals surface area contributed by atoms with Crippen LogP contribution in [0.5, 0.6) is 5.75 Å². The Hall–Kier alpha value is -3.02. The van der Waals surface area contributed by atoms with E-state index < -0.39 is 12.4 Å². The molecule has 1 aromatic heterocycles. The van der Waals surface area contributed by atoms with Gasteiger partial charge in [0.2, 0.25) is 0 Å². The van der Waals surface area contributed by atoms with Crippen molar-refractivity contribution in [1.82, 2.24) is 9.78 Å². The average molecular weight is 328 g/mol. The second kappa shape index (κ2) is 6.62. The number of carbonyl (C=O) groups is 1. The minimum Gasteiger partial charge on any atom is -0.433 e. The Kier molecular flexibility index (Phi) is 4.37. The molecule has 6 heteroatoms. The Morgan fingerprint density at radius 1 is 1.25 bits per heavy atom. The molecule has 4 nitrogen and oxygen atoms in total. The molecule has 24 heavy (non-hydrogen) atoms. The van der Waals surface area contributed by atoms with Crippen molar-refractivity contribution in [2.75, 3.05) is 0 Å². The summed E-state index contributed by atoms with van der Waals surface area (Å²) in [5.41, 5.74) is 0.831. The van der Waals surface area contributed by atoms with Gasteiger partial charge in [-0.1, -0.05) is 30.3 Å². The molecule has 2 aromatic carbocycles. The molecule has 3 rings (SSSR count). The van der Waals surface area contributed by atoms with Crippen LogP contribution in [0, 0.1) is 0 Å². The zero-order valence-electron chi connectivity index (χ0n) is 12.8. The number of carbonyl (C=O) groups excluding carboxylic acids is 1. The van der Waals surface area contributed by atoms with Gasteiger partial charge in [-0.2, -0.15) is 13.9 Å². The van der Waals surface area contributed by atoms with E-state index in [1.54, 1.807) is 60.5 Å². The summed E-state index contributed by atoms with van der Waals surface area (Å²) in [6, 6.07) is 10.1. The van der Waals surface area contributed by atoms with Crippen LogP contribution in [0.4, 0.5) is 8.78 Å². The molecular weight excluding hydrogens is 314 g/mol. The quantitative estimate of drug-likeness (QED) is 0.524. The lowest BCUT2D eigenvalue weighted by Gasteiger charge is -2.12. The Morgan fingerprint density at radius 2 is 2.04 bits per heavy atom. The first-order chi connectivity index (χ1) is 11.5. The van der Waals surface area contributed by atoms with Gasteiger partial charge in [0.1, 0.15) is 5.75 Å². The fraction of sp³-hybridized carbons (Fsp3) is 0.111. The molecule has 0 amide bonds. The van der Waals surface area contributed by atoms with Gasteiger partial charge < -0.3 is 4.74 Å². The standard InChI is InChI=1S/C18H14F2N2O2/c1-22-11-12(10-21-22)6-9-16(23)15-8-7-13-4-2-3-5-14(13)17(15)24-18(19)20/h2-11,18H,1H3. The van der Waals surface area contributed by atoms with Crippen LogP contribution in [-0.4, -0.2) is 22.2 Å². The van der Waals surface area contributed by atoms with Crippen molar-refractivity contribution in [1.29, 1.82) is 0 Å². The maximum absolute atomic E-state index is 12.8. The number of ketones is 1. The van der Waals surface area contributed by atoms with Gasteiger partial charge in [-0.05, 0) is 23.6 Å². The number of ether oxygens (including phenoxy) is 1. The summed E-state index contributed by atoms with van der Waals surface area (Å²) in [7, 11) is 1.76. The summed E-state index contributed by atoms with van der Waals surface area (Å²) in [5.74, 6) is -0.524. The average Bonchev–Trinajstić information content (AvgIpc) is 2.98. The zero-order valence-corrected chi connectivity index (χ0v) is 12.8. The number of hydrogen-bond donors (Lipinski definition) is 0. The lowest BCUT2D eigenvalue weighted by atomic mass is 10.0. The predicted octanol–water partition coefficient (Wildman–Crippen LogP) is 4.07. The lowest BCUT2D eigenvalue weighted by molar-refractivity contribution is -0.0490. The van der Waals surface area contributed by atoms with E-state index in [0.29, 0.717) is 5.39 Å². The number of benzene rings is 2. The third-order valence-corrected chi connectivity index (χ3v) is 3.50. The van der Waals surface area contributed by atoms with Crippen molar-refractivity contribution in [2.24, 2.45) is 7.05 Å². The highest BCUT2D eigenvalue weighted by atomic mass is 19.3. The highest BCUT2D eigenvalue weighted by Crippen LogP contribution is 2.31. The van der Waals surface area contributed by atoms with Crippen LogP contribution in [0.25, 0.3) is 16.8 Å². The van der Waals surface area contributed by atoms with Gasteiger partial charge >= 0.3 is 6.61 Å². The van der Waals surface area contributed by atoms with E-state index in [1.807, 2.05) is 0 Å². The lowest BCUT2D eigenvalue weighted by Crippen LogP contribution is -2.07.